The monoisotopic (exact) mass is 391 g/mol. The Morgan fingerprint density at radius 1 is 1.32 bits per heavy atom. The van der Waals surface area contributed by atoms with E-state index in [0.29, 0.717) is 36.8 Å². The fourth-order valence-corrected chi connectivity index (χ4v) is 2.89. The van der Waals surface area contributed by atoms with Crippen molar-refractivity contribution in [3.05, 3.63) is 17.7 Å². The van der Waals surface area contributed by atoms with Gasteiger partial charge in [-0.1, -0.05) is 10.3 Å². The summed E-state index contributed by atoms with van der Waals surface area (Å²) in [6.45, 7) is 8.24. The summed E-state index contributed by atoms with van der Waals surface area (Å²) in [6.07, 6.45) is 1.06. The first-order valence-electron chi connectivity index (χ1n) is 9.23. The van der Waals surface area contributed by atoms with Gasteiger partial charge < -0.3 is 24.0 Å². The number of aromatic nitrogens is 3. The minimum atomic E-state index is -0.565. The van der Waals surface area contributed by atoms with Crippen molar-refractivity contribution in [2.24, 2.45) is 5.92 Å². The van der Waals surface area contributed by atoms with Crippen molar-refractivity contribution in [1.29, 1.82) is 0 Å². The maximum absolute atomic E-state index is 12.5. The molecule has 2 aromatic heterocycles. The van der Waals surface area contributed by atoms with Gasteiger partial charge >= 0.3 is 6.09 Å². The molecule has 152 valence electrons. The summed E-state index contributed by atoms with van der Waals surface area (Å²) in [6, 6.07) is 1.69. The smallest absolute Gasteiger partial charge is 0.410 e. The fraction of sp³-hybridized carbons (Fsp3) is 0.611. The van der Waals surface area contributed by atoms with E-state index >= 15 is 0 Å². The third kappa shape index (κ3) is 5.08. The van der Waals surface area contributed by atoms with Gasteiger partial charge in [-0.3, -0.25) is 4.79 Å². The second kappa shape index (κ2) is 7.99. The zero-order valence-electron chi connectivity index (χ0n) is 16.5. The van der Waals surface area contributed by atoms with Gasteiger partial charge in [0.2, 0.25) is 17.6 Å². The summed E-state index contributed by atoms with van der Waals surface area (Å²) < 4.78 is 15.5. The van der Waals surface area contributed by atoms with Crippen LogP contribution in [0.1, 0.15) is 45.3 Å². The molecule has 2 aromatic rings. The number of carbonyl (C=O) groups is 2. The van der Waals surface area contributed by atoms with E-state index in [0.717, 1.165) is 6.42 Å². The van der Waals surface area contributed by atoms with E-state index in [1.807, 2.05) is 20.8 Å². The fourth-order valence-electron chi connectivity index (χ4n) is 2.89. The van der Waals surface area contributed by atoms with E-state index in [9.17, 15) is 9.59 Å². The Morgan fingerprint density at radius 3 is 2.79 bits per heavy atom. The van der Waals surface area contributed by atoms with Crippen LogP contribution in [-0.4, -0.2) is 50.9 Å². The van der Waals surface area contributed by atoms with Crippen LogP contribution in [0.15, 0.2) is 15.1 Å². The van der Waals surface area contributed by atoms with Gasteiger partial charge in [0.05, 0.1) is 12.5 Å². The highest BCUT2D eigenvalue weighted by atomic mass is 16.6. The van der Waals surface area contributed by atoms with Crippen molar-refractivity contribution in [1.82, 2.24) is 25.5 Å². The molecule has 10 heteroatoms. The summed E-state index contributed by atoms with van der Waals surface area (Å²) in [5.74, 6) is 0.743. The molecule has 28 heavy (non-hydrogen) atoms. The van der Waals surface area contributed by atoms with E-state index < -0.39 is 11.7 Å². The molecule has 1 atom stereocenters. The second-order valence-electron chi connectivity index (χ2n) is 7.82. The van der Waals surface area contributed by atoms with E-state index in [4.69, 9.17) is 13.8 Å². The SMILES string of the molecule is Cc1cc(-c2noc(CNC(=O)[C@H]3CCCN(C(=O)OC(C)(C)C)C3)n2)no1. The lowest BCUT2D eigenvalue weighted by Gasteiger charge is -2.33. The number of rotatable bonds is 4. The number of likely N-dealkylation sites (tertiary alicyclic amines) is 1. The quantitative estimate of drug-likeness (QED) is 0.842. The van der Waals surface area contributed by atoms with Crippen molar-refractivity contribution in [2.45, 2.75) is 52.7 Å². The average Bonchev–Trinajstić information content (AvgIpc) is 3.27. The van der Waals surface area contributed by atoms with Crippen molar-refractivity contribution in [2.75, 3.05) is 13.1 Å². The van der Waals surface area contributed by atoms with Crippen LogP contribution in [0.4, 0.5) is 4.79 Å². The highest BCUT2D eigenvalue weighted by Crippen LogP contribution is 2.20. The number of ether oxygens (including phenoxy) is 1. The highest BCUT2D eigenvalue weighted by molar-refractivity contribution is 5.80. The first-order valence-corrected chi connectivity index (χ1v) is 9.23. The molecule has 10 nitrogen and oxygen atoms in total. The van der Waals surface area contributed by atoms with Gasteiger partial charge in [0.1, 0.15) is 11.4 Å². The minimum Gasteiger partial charge on any atom is -0.444 e. The number of nitrogens with zero attached hydrogens (tertiary/aromatic N) is 4. The molecule has 0 spiro atoms. The topological polar surface area (TPSA) is 124 Å². The predicted molar refractivity (Wildman–Crippen MR) is 96.9 cm³/mol. The van der Waals surface area contributed by atoms with E-state index in [2.05, 4.69) is 20.6 Å². The number of piperidine rings is 1. The summed E-state index contributed by atoms with van der Waals surface area (Å²) in [4.78, 5) is 30.5. The second-order valence-corrected chi connectivity index (χ2v) is 7.82. The Hall–Kier alpha value is -2.91. The molecule has 0 unspecified atom stereocenters. The zero-order valence-corrected chi connectivity index (χ0v) is 16.5. The molecule has 1 saturated heterocycles. The molecule has 0 bridgehead atoms. The third-order valence-corrected chi connectivity index (χ3v) is 4.18. The number of carbonyl (C=O) groups excluding carboxylic acids is 2. The maximum Gasteiger partial charge on any atom is 0.410 e. The molecule has 1 aliphatic heterocycles. The number of aryl methyl sites for hydroxylation is 1. The molecule has 3 heterocycles. The van der Waals surface area contributed by atoms with Gasteiger partial charge in [0.15, 0.2) is 5.69 Å². The average molecular weight is 391 g/mol. The molecular formula is C18H25N5O5. The lowest BCUT2D eigenvalue weighted by atomic mass is 9.97. The Balaban J connectivity index is 1.52. The van der Waals surface area contributed by atoms with Crippen molar-refractivity contribution >= 4 is 12.0 Å². The largest absolute Gasteiger partial charge is 0.444 e. The van der Waals surface area contributed by atoms with Gasteiger partial charge in [-0.25, -0.2) is 4.79 Å². The van der Waals surface area contributed by atoms with E-state index in [1.165, 1.54) is 0 Å². The summed E-state index contributed by atoms with van der Waals surface area (Å²) >= 11 is 0. The lowest BCUT2D eigenvalue weighted by Crippen LogP contribution is -2.46. The van der Waals surface area contributed by atoms with Crippen LogP contribution >= 0.6 is 0 Å². The van der Waals surface area contributed by atoms with Crippen LogP contribution in [0.2, 0.25) is 0 Å². The standard InChI is InChI=1S/C18H25N5O5/c1-11-8-13(21-27-11)15-20-14(28-22-15)9-19-16(24)12-6-5-7-23(10-12)17(25)26-18(2,3)4/h8,12H,5-7,9-10H2,1-4H3,(H,19,24)/t12-/m0/s1. The Labute approximate surface area is 162 Å². The zero-order chi connectivity index (χ0) is 20.3. The van der Waals surface area contributed by atoms with Gasteiger partial charge in [-0.05, 0) is 40.5 Å². The first-order chi connectivity index (χ1) is 13.2. The first kappa shape index (κ1) is 19.8. The number of nitrogens with one attached hydrogen (secondary N) is 1. The molecule has 0 saturated carbocycles. The summed E-state index contributed by atoms with van der Waals surface area (Å²) in [5.41, 5.74) is -0.0937. The molecule has 0 aliphatic carbocycles. The minimum absolute atomic E-state index is 0.103. The maximum atomic E-state index is 12.5. The Kier molecular flexibility index (Phi) is 5.66. The number of hydrogen-bond donors (Lipinski definition) is 1. The highest BCUT2D eigenvalue weighted by Gasteiger charge is 2.31. The van der Waals surface area contributed by atoms with Crippen LogP contribution in [0.5, 0.6) is 0 Å². The van der Waals surface area contributed by atoms with Crippen LogP contribution in [0.3, 0.4) is 0 Å². The van der Waals surface area contributed by atoms with Crippen LogP contribution in [-0.2, 0) is 16.1 Å². The predicted octanol–water partition coefficient (Wildman–Crippen LogP) is 2.30. The van der Waals surface area contributed by atoms with Crippen LogP contribution < -0.4 is 5.32 Å². The summed E-state index contributed by atoms with van der Waals surface area (Å²) in [5, 5.41) is 10.4. The van der Waals surface area contributed by atoms with Crippen LogP contribution in [0, 0.1) is 12.8 Å². The van der Waals surface area contributed by atoms with Crippen molar-refractivity contribution in [3.8, 4) is 11.5 Å². The normalized spacial score (nSPS) is 17.4. The summed E-state index contributed by atoms with van der Waals surface area (Å²) in [7, 11) is 0. The van der Waals surface area contributed by atoms with Crippen molar-refractivity contribution < 1.29 is 23.4 Å². The molecule has 3 rings (SSSR count). The molecule has 0 radical (unpaired) electrons. The third-order valence-electron chi connectivity index (χ3n) is 4.18. The van der Waals surface area contributed by atoms with E-state index in [1.54, 1.807) is 17.9 Å². The molecule has 1 aliphatic rings. The van der Waals surface area contributed by atoms with Crippen molar-refractivity contribution in [3.63, 3.8) is 0 Å². The molecular weight excluding hydrogens is 366 g/mol. The molecule has 1 N–H and O–H groups in total. The van der Waals surface area contributed by atoms with Gasteiger partial charge in [-0.2, -0.15) is 4.98 Å². The van der Waals surface area contributed by atoms with Gasteiger partial charge in [0, 0.05) is 19.2 Å². The molecule has 2 amide bonds. The molecule has 0 aromatic carbocycles. The number of hydrogen-bond acceptors (Lipinski definition) is 8. The van der Waals surface area contributed by atoms with E-state index in [-0.39, 0.29) is 24.3 Å². The van der Waals surface area contributed by atoms with Gasteiger partial charge in [-0.15, -0.1) is 0 Å². The Bertz CT molecular complexity index is 838. The Morgan fingerprint density at radius 2 is 2.11 bits per heavy atom. The van der Waals surface area contributed by atoms with Crippen LogP contribution in [0.25, 0.3) is 11.5 Å². The number of amides is 2. The molecule has 1 fully saturated rings. The van der Waals surface area contributed by atoms with Gasteiger partial charge in [0.25, 0.3) is 0 Å². The lowest BCUT2D eigenvalue weighted by molar-refractivity contribution is -0.126.